The fourth-order valence-corrected chi connectivity index (χ4v) is 2.78. The molecule has 1 aromatic rings. The molecule has 1 aromatic heterocycles. The number of halogens is 1. The summed E-state index contributed by atoms with van der Waals surface area (Å²) >= 11 is 6.09. The van der Waals surface area contributed by atoms with Gasteiger partial charge in [0.2, 0.25) is 0 Å². The van der Waals surface area contributed by atoms with Gasteiger partial charge in [0.25, 0.3) is 0 Å². The first-order valence-electron chi connectivity index (χ1n) is 7.47. The molecule has 20 heavy (non-hydrogen) atoms. The first-order chi connectivity index (χ1) is 9.69. The van der Waals surface area contributed by atoms with Crippen molar-refractivity contribution in [2.45, 2.75) is 13.8 Å². The van der Waals surface area contributed by atoms with Crippen LogP contribution in [0.25, 0.3) is 0 Å². The van der Waals surface area contributed by atoms with Crippen molar-refractivity contribution < 1.29 is 0 Å². The number of piperazine rings is 1. The summed E-state index contributed by atoms with van der Waals surface area (Å²) in [6.07, 6.45) is 3.45. The van der Waals surface area contributed by atoms with E-state index in [4.69, 9.17) is 11.6 Å². The Bertz CT molecular complexity index is 405. The van der Waals surface area contributed by atoms with Crippen molar-refractivity contribution in [3.63, 3.8) is 0 Å². The Balaban J connectivity index is 1.71. The van der Waals surface area contributed by atoms with Gasteiger partial charge in [-0.05, 0) is 18.5 Å². The molecule has 0 spiro atoms. The number of hydrogen-bond acceptors (Lipinski definition) is 4. The molecule has 1 aliphatic heterocycles. The Labute approximate surface area is 127 Å². The van der Waals surface area contributed by atoms with Gasteiger partial charge in [0.1, 0.15) is 0 Å². The molecule has 0 aliphatic carbocycles. The molecule has 0 unspecified atom stereocenters. The summed E-state index contributed by atoms with van der Waals surface area (Å²) in [6, 6.07) is 1.93. The monoisotopic (exact) mass is 296 g/mol. The highest BCUT2D eigenvalue weighted by molar-refractivity contribution is 6.33. The lowest BCUT2D eigenvalue weighted by atomic mass is 10.1. The molecular weight excluding hydrogens is 272 g/mol. The maximum atomic E-state index is 6.09. The van der Waals surface area contributed by atoms with E-state index in [1.54, 1.807) is 12.4 Å². The van der Waals surface area contributed by atoms with E-state index in [9.17, 15) is 0 Å². The molecule has 1 N–H and O–H groups in total. The van der Waals surface area contributed by atoms with Crippen LogP contribution in [0.2, 0.25) is 5.02 Å². The van der Waals surface area contributed by atoms with Crippen LogP contribution in [-0.2, 0) is 0 Å². The molecule has 1 saturated heterocycles. The molecule has 1 fully saturated rings. The van der Waals surface area contributed by atoms with Crippen LogP contribution >= 0.6 is 11.6 Å². The number of rotatable bonds is 6. The number of pyridine rings is 1. The van der Waals surface area contributed by atoms with Crippen molar-refractivity contribution in [3.05, 3.63) is 23.5 Å². The molecule has 0 bridgehead atoms. The highest BCUT2D eigenvalue weighted by Crippen LogP contribution is 2.19. The summed E-state index contributed by atoms with van der Waals surface area (Å²) in [5, 5.41) is 4.10. The zero-order valence-electron chi connectivity index (χ0n) is 12.5. The first-order valence-corrected chi connectivity index (χ1v) is 7.85. The highest BCUT2D eigenvalue weighted by Gasteiger charge is 2.17. The van der Waals surface area contributed by atoms with Crippen molar-refractivity contribution in [1.82, 2.24) is 14.8 Å². The standard InChI is InChI=1S/C15H25ClN4/c1-3-19-6-8-20(9-7-19)12-13(2)10-18-15-4-5-17-11-14(15)16/h4-5,11,13H,3,6-10,12H2,1-2H3,(H,17,18)/t13-/m0/s1. The van der Waals surface area contributed by atoms with E-state index in [1.165, 1.54) is 32.7 Å². The zero-order valence-corrected chi connectivity index (χ0v) is 13.2. The Hall–Kier alpha value is -0.840. The summed E-state index contributed by atoms with van der Waals surface area (Å²) in [7, 11) is 0. The van der Waals surface area contributed by atoms with Crippen LogP contribution < -0.4 is 5.32 Å². The number of nitrogens with one attached hydrogen (secondary N) is 1. The molecule has 1 atom stereocenters. The Morgan fingerprint density at radius 3 is 2.65 bits per heavy atom. The third-order valence-corrected chi connectivity index (χ3v) is 4.20. The van der Waals surface area contributed by atoms with E-state index in [1.807, 2.05) is 6.07 Å². The van der Waals surface area contributed by atoms with Gasteiger partial charge in [-0.3, -0.25) is 4.98 Å². The van der Waals surface area contributed by atoms with Crippen molar-refractivity contribution >= 4 is 17.3 Å². The van der Waals surface area contributed by atoms with E-state index in [2.05, 4.69) is 33.9 Å². The fraction of sp³-hybridized carbons (Fsp3) is 0.667. The number of anilines is 1. The van der Waals surface area contributed by atoms with Crippen LogP contribution in [0.15, 0.2) is 18.5 Å². The Morgan fingerprint density at radius 2 is 2.00 bits per heavy atom. The number of likely N-dealkylation sites (N-methyl/N-ethyl adjacent to an activating group) is 1. The van der Waals surface area contributed by atoms with Crippen LogP contribution in [0.4, 0.5) is 5.69 Å². The lowest BCUT2D eigenvalue weighted by Crippen LogP contribution is -2.47. The number of hydrogen-bond donors (Lipinski definition) is 1. The van der Waals surface area contributed by atoms with Gasteiger partial charge >= 0.3 is 0 Å². The quantitative estimate of drug-likeness (QED) is 0.874. The number of aromatic nitrogens is 1. The molecule has 4 nitrogen and oxygen atoms in total. The second kappa shape index (κ2) is 7.81. The van der Waals surface area contributed by atoms with Crippen molar-refractivity contribution in [1.29, 1.82) is 0 Å². The third kappa shape index (κ3) is 4.62. The minimum Gasteiger partial charge on any atom is -0.383 e. The van der Waals surface area contributed by atoms with Crippen LogP contribution in [-0.4, -0.2) is 60.6 Å². The Kier molecular flexibility index (Phi) is 6.07. The van der Waals surface area contributed by atoms with E-state index >= 15 is 0 Å². The summed E-state index contributed by atoms with van der Waals surface area (Å²) < 4.78 is 0. The average Bonchev–Trinajstić information content (AvgIpc) is 2.47. The maximum Gasteiger partial charge on any atom is 0.0820 e. The molecule has 0 amide bonds. The van der Waals surface area contributed by atoms with Crippen molar-refractivity contribution in [2.75, 3.05) is 51.1 Å². The molecule has 2 rings (SSSR count). The fourth-order valence-electron chi connectivity index (χ4n) is 2.60. The zero-order chi connectivity index (χ0) is 14.4. The largest absolute Gasteiger partial charge is 0.383 e. The number of nitrogens with zero attached hydrogens (tertiary/aromatic N) is 3. The van der Waals surface area contributed by atoms with Gasteiger partial charge in [-0.1, -0.05) is 25.4 Å². The normalized spacial score (nSPS) is 18.9. The topological polar surface area (TPSA) is 31.4 Å². The summed E-state index contributed by atoms with van der Waals surface area (Å²) in [6.45, 7) is 12.6. The first kappa shape index (κ1) is 15.5. The van der Waals surface area contributed by atoms with E-state index in [-0.39, 0.29) is 0 Å². The predicted octanol–water partition coefficient (Wildman–Crippen LogP) is 2.42. The van der Waals surface area contributed by atoms with Gasteiger partial charge in [0.15, 0.2) is 0 Å². The Morgan fingerprint density at radius 1 is 1.30 bits per heavy atom. The smallest absolute Gasteiger partial charge is 0.0820 e. The minimum atomic E-state index is 0.604. The van der Waals surface area contributed by atoms with Crippen molar-refractivity contribution in [3.8, 4) is 0 Å². The van der Waals surface area contributed by atoms with E-state index in [0.29, 0.717) is 10.9 Å². The second-order valence-corrected chi connectivity index (χ2v) is 5.98. The third-order valence-electron chi connectivity index (χ3n) is 3.90. The summed E-state index contributed by atoms with van der Waals surface area (Å²) in [5.74, 6) is 0.604. The molecule has 2 heterocycles. The van der Waals surface area contributed by atoms with Gasteiger partial charge in [0, 0.05) is 51.7 Å². The molecule has 0 aromatic carbocycles. The average molecular weight is 297 g/mol. The van der Waals surface area contributed by atoms with Crippen molar-refractivity contribution in [2.24, 2.45) is 5.92 Å². The molecule has 1 aliphatic rings. The van der Waals surface area contributed by atoms with E-state index in [0.717, 1.165) is 18.8 Å². The van der Waals surface area contributed by atoms with Crippen LogP contribution in [0, 0.1) is 5.92 Å². The lowest BCUT2D eigenvalue weighted by Gasteiger charge is -2.35. The summed E-state index contributed by atoms with van der Waals surface area (Å²) in [5.41, 5.74) is 0.976. The summed E-state index contributed by atoms with van der Waals surface area (Å²) in [4.78, 5) is 9.07. The van der Waals surface area contributed by atoms with Crippen LogP contribution in [0.5, 0.6) is 0 Å². The lowest BCUT2D eigenvalue weighted by molar-refractivity contribution is 0.126. The van der Waals surface area contributed by atoms with Gasteiger partial charge < -0.3 is 15.1 Å². The molecule has 5 heteroatoms. The minimum absolute atomic E-state index is 0.604. The molecule has 112 valence electrons. The molecule has 0 saturated carbocycles. The van der Waals surface area contributed by atoms with Crippen LogP contribution in [0.1, 0.15) is 13.8 Å². The maximum absolute atomic E-state index is 6.09. The molecular formula is C15H25ClN4. The van der Waals surface area contributed by atoms with E-state index < -0.39 is 0 Å². The highest BCUT2D eigenvalue weighted by atomic mass is 35.5. The molecule has 0 radical (unpaired) electrons. The van der Waals surface area contributed by atoms with Crippen LogP contribution in [0.3, 0.4) is 0 Å². The van der Waals surface area contributed by atoms with Gasteiger partial charge in [-0.25, -0.2) is 0 Å². The second-order valence-electron chi connectivity index (χ2n) is 5.58. The SMILES string of the molecule is CCN1CCN(C[C@@H](C)CNc2ccncc2Cl)CC1. The predicted molar refractivity (Wildman–Crippen MR) is 85.5 cm³/mol. The van der Waals surface area contributed by atoms with Gasteiger partial charge in [-0.15, -0.1) is 0 Å². The van der Waals surface area contributed by atoms with Gasteiger partial charge in [0.05, 0.1) is 10.7 Å². The van der Waals surface area contributed by atoms with Gasteiger partial charge in [-0.2, -0.15) is 0 Å².